The number of rotatable bonds is 1. The molecule has 0 bridgehead atoms. The monoisotopic (exact) mass is 238 g/mol. The minimum atomic E-state index is -0.410. The zero-order valence-corrected chi connectivity index (χ0v) is 9.45. The van der Waals surface area contributed by atoms with E-state index in [1.807, 2.05) is 30.3 Å². The number of nitrogens with zero attached hydrogens (tertiary/aromatic N) is 3. The molecule has 1 aromatic carbocycles. The van der Waals surface area contributed by atoms with Gasteiger partial charge in [0.15, 0.2) is 0 Å². The van der Waals surface area contributed by atoms with Gasteiger partial charge in [-0.2, -0.15) is 4.98 Å². The average molecular weight is 238 g/mol. The molecule has 2 heterocycles. The first kappa shape index (κ1) is 10.5. The minimum Gasteiger partial charge on any atom is -0.383 e. The number of anilines is 1. The van der Waals surface area contributed by atoms with E-state index in [9.17, 15) is 4.79 Å². The fourth-order valence-corrected chi connectivity index (χ4v) is 1.80. The van der Waals surface area contributed by atoms with Crippen molar-refractivity contribution in [1.29, 1.82) is 0 Å². The van der Waals surface area contributed by atoms with Gasteiger partial charge in [0.25, 0.3) is 0 Å². The van der Waals surface area contributed by atoms with Crippen LogP contribution in [-0.4, -0.2) is 14.5 Å². The van der Waals surface area contributed by atoms with E-state index in [2.05, 4.69) is 9.97 Å². The number of nitrogen functional groups attached to an aromatic ring is 1. The second kappa shape index (κ2) is 3.96. The molecule has 0 aliphatic carbocycles. The van der Waals surface area contributed by atoms with E-state index in [-0.39, 0.29) is 5.82 Å². The molecule has 0 fully saturated rings. The van der Waals surface area contributed by atoms with Crippen LogP contribution >= 0.6 is 0 Å². The highest BCUT2D eigenvalue weighted by molar-refractivity contribution is 5.80. The highest BCUT2D eigenvalue weighted by Crippen LogP contribution is 2.14. The molecule has 88 valence electrons. The molecule has 0 aliphatic rings. The molecule has 0 saturated carbocycles. The average Bonchev–Trinajstić information content (AvgIpc) is 2.38. The quantitative estimate of drug-likeness (QED) is 0.694. The first-order chi connectivity index (χ1) is 8.74. The highest BCUT2D eigenvalue weighted by atomic mass is 16.1. The van der Waals surface area contributed by atoms with Gasteiger partial charge in [0.1, 0.15) is 5.82 Å². The van der Waals surface area contributed by atoms with Crippen LogP contribution < -0.4 is 11.4 Å². The number of aromatic nitrogens is 3. The maximum absolute atomic E-state index is 11.7. The van der Waals surface area contributed by atoms with E-state index < -0.39 is 5.69 Å². The Labute approximate surface area is 103 Å². The van der Waals surface area contributed by atoms with Gasteiger partial charge in [0.2, 0.25) is 0 Å². The van der Waals surface area contributed by atoms with E-state index in [1.54, 1.807) is 18.5 Å². The molecule has 2 N–H and O–H groups in total. The number of hydrogen-bond acceptors (Lipinski definition) is 4. The van der Waals surface area contributed by atoms with Crippen LogP contribution in [0.3, 0.4) is 0 Å². The van der Waals surface area contributed by atoms with Gasteiger partial charge in [-0.3, -0.25) is 9.55 Å². The number of benzene rings is 1. The van der Waals surface area contributed by atoms with Crippen molar-refractivity contribution in [3.8, 4) is 5.69 Å². The lowest BCUT2D eigenvalue weighted by Crippen LogP contribution is -2.21. The number of para-hydroxylation sites is 1. The van der Waals surface area contributed by atoms with Gasteiger partial charge in [-0.1, -0.05) is 18.2 Å². The van der Waals surface area contributed by atoms with Crippen molar-refractivity contribution in [3.63, 3.8) is 0 Å². The molecule has 0 saturated heterocycles. The Kier molecular flexibility index (Phi) is 2.30. The van der Waals surface area contributed by atoms with Crippen molar-refractivity contribution in [3.05, 3.63) is 59.3 Å². The summed E-state index contributed by atoms with van der Waals surface area (Å²) >= 11 is 0. The molecule has 0 spiro atoms. The molecule has 0 radical (unpaired) electrons. The number of nitrogens with two attached hydrogens (primary N) is 1. The van der Waals surface area contributed by atoms with E-state index in [1.165, 1.54) is 4.57 Å². The van der Waals surface area contributed by atoms with E-state index >= 15 is 0 Å². The predicted molar refractivity (Wildman–Crippen MR) is 69.5 cm³/mol. The van der Waals surface area contributed by atoms with E-state index in [4.69, 9.17) is 5.73 Å². The number of hydrogen-bond donors (Lipinski definition) is 1. The second-order valence-electron chi connectivity index (χ2n) is 3.89. The van der Waals surface area contributed by atoms with Crippen molar-refractivity contribution in [2.75, 3.05) is 5.73 Å². The number of pyridine rings is 1. The zero-order chi connectivity index (χ0) is 12.5. The molecule has 5 nitrogen and oxygen atoms in total. The van der Waals surface area contributed by atoms with Crippen LogP contribution in [-0.2, 0) is 0 Å². The molecule has 5 heteroatoms. The molecule has 0 unspecified atom stereocenters. The Morgan fingerprint density at radius 3 is 2.83 bits per heavy atom. The third-order valence-corrected chi connectivity index (χ3v) is 2.68. The van der Waals surface area contributed by atoms with Gasteiger partial charge >= 0.3 is 5.69 Å². The smallest absolute Gasteiger partial charge is 0.354 e. The lowest BCUT2D eigenvalue weighted by Gasteiger charge is -2.05. The lowest BCUT2D eigenvalue weighted by atomic mass is 10.2. The topological polar surface area (TPSA) is 73.8 Å². The van der Waals surface area contributed by atoms with Gasteiger partial charge in [-0.15, -0.1) is 0 Å². The maximum atomic E-state index is 11.7. The molecular weight excluding hydrogens is 228 g/mol. The summed E-state index contributed by atoms with van der Waals surface area (Å²) in [6.07, 6.45) is 3.23. The summed E-state index contributed by atoms with van der Waals surface area (Å²) in [7, 11) is 0. The van der Waals surface area contributed by atoms with Crippen LogP contribution in [0.5, 0.6) is 0 Å². The van der Waals surface area contributed by atoms with Gasteiger partial charge in [0, 0.05) is 11.6 Å². The first-order valence-electron chi connectivity index (χ1n) is 5.44. The highest BCUT2D eigenvalue weighted by Gasteiger charge is 2.02. The largest absolute Gasteiger partial charge is 0.383 e. The zero-order valence-electron chi connectivity index (χ0n) is 9.45. The molecule has 0 aliphatic heterocycles. The van der Waals surface area contributed by atoms with Crippen LogP contribution in [0.25, 0.3) is 16.6 Å². The van der Waals surface area contributed by atoms with Crippen LogP contribution in [0.15, 0.2) is 53.6 Å². The molecule has 0 amide bonds. The number of fused-ring (bicyclic) bond motifs is 1. The van der Waals surface area contributed by atoms with Crippen LogP contribution in [0.2, 0.25) is 0 Å². The summed E-state index contributed by atoms with van der Waals surface area (Å²) in [6, 6.07) is 11.2. The Morgan fingerprint density at radius 1 is 1.17 bits per heavy atom. The Balaban J connectivity index is 2.22. The summed E-state index contributed by atoms with van der Waals surface area (Å²) in [5.74, 6) is 0.213. The van der Waals surface area contributed by atoms with Crippen LogP contribution in [0, 0.1) is 0 Å². The molecule has 3 rings (SSSR count). The normalized spacial score (nSPS) is 10.7. The summed E-state index contributed by atoms with van der Waals surface area (Å²) in [4.78, 5) is 19.7. The molecule has 18 heavy (non-hydrogen) atoms. The van der Waals surface area contributed by atoms with Crippen molar-refractivity contribution in [1.82, 2.24) is 14.5 Å². The third kappa shape index (κ3) is 1.71. The Morgan fingerprint density at radius 2 is 2.00 bits per heavy atom. The maximum Gasteiger partial charge on any atom is 0.354 e. The Hall–Kier alpha value is -2.69. The summed E-state index contributed by atoms with van der Waals surface area (Å²) < 4.78 is 1.41. The second-order valence-corrected chi connectivity index (χ2v) is 3.89. The molecular formula is C13H10N4O. The molecule has 3 aromatic rings. The van der Waals surface area contributed by atoms with Crippen LogP contribution in [0.1, 0.15) is 0 Å². The lowest BCUT2D eigenvalue weighted by molar-refractivity contribution is 0.916. The molecule has 0 atom stereocenters. The van der Waals surface area contributed by atoms with Gasteiger partial charge in [-0.05, 0) is 18.2 Å². The third-order valence-electron chi connectivity index (χ3n) is 2.68. The summed E-state index contributed by atoms with van der Waals surface area (Å²) in [5.41, 5.74) is 6.61. The van der Waals surface area contributed by atoms with Crippen LogP contribution in [0.4, 0.5) is 5.82 Å². The van der Waals surface area contributed by atoms with Gasteiger partial charge in [-0.25, -0.2) is 4.79 Å². The standard InChI is InChI=1S/C13H10N4O/c14-12-5-6-17(13(18)16-12)10-7-9-3-1-2-4-11(9)15-8-10/h1-8H,(H2,14,16,18). The van der Waals surface area contributed by atoms with Crippen molar-refractivity contribution in [2.45, 2.75) is 0 Å². The van der Waals surface area contributed by atoms with Crippen molar-refractivity contribution >= 4 is 16.7 Å². The fourth-order valence-electron chi connectivity index (χ4n) is 1.80. The van der Waals surface area contributed by atoms with Crippen molar-refractivity contribution in [2.24, 2.45) is 0 Å². The van der Waals surface area contributed by atoms with E-state index in [0.29, 0.717) is 5.69 Å². The van der Waals surface area contributed by atoms with E-state index in [0.717, 1.165) is 10.9 Å². The van der Waals surface area contributed by atoms with Gasteiger partial charge in [0.05, 0.1) is 17.4 Å². The fraction of sp³-hybridized carbons (Fsp3) is 0. The Bertz CT molecular complexity index is 779. The summed E-state index contributed by atoms with van der Waals surface area (Å²) in [5, 5.41) is 0.971. The van der Waals surface area contributed by atoms with Crippen molar-refractivity contribution < 1.29 is 0 Å². The molecule has 2 aromatic heterocycles. The SMILES string of the molecule is Nc1ccn(-c2cnc3ccccc3c2)c(=O)n1. The summed E-state index contributed by atoms with van der Waals surface area (Å²) in [6.45, 7) is 0. The first-order valence-corrected chi connectivity index (χ1v) is 5.44. The predicted octanol–water partition coefficient (Wildman–Crippen LogP) is 1.36. The van der Waals surface area contributed by atoms with Gasteiger partial charge < -0.3 is 5.73 Å². The minimum absolute atomic E-state index is 0.213.